The highest BCUT2D eigenvalue weighted by Crippen LogP contribution is 2.38. The van der Waals surface area contributed by atoms with Crippen LogP contribution in [0.5, 0.6) is 5.75 Å². The molecule has 2 aliphatic rings. The Bertz CT molecular complexity index is 505. The van der Waals surface area contributed by atoms with Gasteiger partial charge < -0.3 is 14.8 Å². The van der Waals surface area contributed by atoms with Crippen molar-refractivity contribution in [3.8, 4) is 5.75 Å². The molecule has 0 bridgehead atoms. The lowest BCUT2D eigenvalue weighted by Gasteiger charge is -2.39. The molecule has 1 N–H and O–H groups in total. The number of hydrogen-bond acceptors (Lipinski definition) is 3. The SMILES string of the molecule is COC1(C(=O)NC(C)C2COc3ccccc32)CCC1. The summed E-state index contributed by atoms with van der Waals surface area (Å²) >= 11 is 0. The molecule has 1 saturated carbocycles. The average Bonchev–Trinajstić information content (AvgIpc) is 2.81. The van der Waals surface area contributed by atoms with Crippen LogP contribution in [0, 0.1) is 0 Å². The molecule has 4 nitrogen and oxygen atoms in total. The van der Waals surface area contributed by atoms with Crippen LogP contribution in [0.1, 0.15) is 37.7 Å². The van der Waals surface area contributed by atoms with Crippen LogP contribution in [0.2, 0.25) is 0 Å². The van der Waals surface area contributed by atoms with Crippen LogP contribution in [0.15, 0.2) is 24.3 Å². The van der Waals surface area contributed by atoms with Gasteiger partial charge in [0.2, 0.25) is 0 Å². The van der Waals surface area contributed by atoms with Crippen LogP contribution in [0.25, 0.3) is 0 Å². The van der Waals surface area contributed by atoms with Gasteiger partial charge in [0.25, 0.3) is 5.91 Å². The first-order valence-corrected chi connectivity index (χ1v) is 7.24. The number of para-hydroxylation sites is 1. The molecule has 0 aromatic heterocycles. The maximum Gasteiger partial charge on any atom is 0.252 e. The molecule has 0 radical (unpaired) electrons. The molecule has 1 fully saturated rings. The first-order valence-electron chi connectivity index (χ1n) is 7.24. The number of hydrogen-bond donors (Lipinski definition) is 1. The molecule has 1 aliphatic heterocycles. The predicted octanol–water partition coefficient (Wildman–Crippen LogP) is 2.24. The monoisotopic (exact) mass is 275 g/mol. The van der Waals surface area contributed by atoms with E-state index in [1.165, 1.54) is 5.56 Å². The van der Waals surface area contributed by atoms with Crippen molar-refractivity contribution in [1.29, 1.82) is 0 Å². The molecule has 1 heterocycles. The number of carbonyl (C=O) groups is 1. The van der Waals surface area contributed by atoms with Crippen molar-refractivity contribution in [2.45, 2.75) is 43.7 Å². The maximum absolute atomic E-state index is 12.4. The first kappa shape index (κ1) is 13.4. The lowest BCUT2D eigenvalue weighted by Crippen LogP contribution is -2.55. The topological polar surface area (TPSA) is 47.6 Å². The van der Waals surface area contributed by atoms with Crippen molar-refractivity contribution >= 4 is 5.91 Å². The molecule has 1 aliphatic carbocycles. The zero-order valence-electron chi connectivity index (χ0n) is 12.0. The largest absolute Gasteiger partial charge is 0.493 e. The maximum atomic E-state index is 12.4. The smallest absolute Gasteiger partial charge is 0.252 e. The van der Waals surface area contributed by atoms with Crippen molar-refractivity contribution in [2.75, 3.05) is 13.7 Å². The van der Waals surface area contributed by atoms with E-state index in [4.69, 9.17) is 9.47 Å². The summed E-state index contributed by atoms with van der Waals surface area (Å²) in [5, 5.41) is 3.11. The van der Waals surface area contributed by atoms with Gasteiger partial charge in [0.05, 0.1) is 6.61 Å². The first-order chi connectivity index (χ1) is 9.66. The summed E-state index contributed by atoms with van der Waals surface area (Å²) in [5.74, 6) is 1.16. The van der Waals surface area contributed by atoms with E-state index in [-0.39, 0.29) is 17.9 Å². The van der Waals surface area contributed by atoms with E-state index in [1.807, 2.05) is 25.1 Å². The fraction of sp³-hybridized carbons (Fsp3) is 0.562. The van der Waals surface area contributed by atoms with Crippen molar-refractivity contribution in [3.05, 3.63) is 29.8 Å². The minimum absolute atomic E-state index is 0.0168. The van der Waals surface area contributed by atoms with Gasteiger partial charge in [-0.1, -0.05) is 18.2 Å². The Balaban J connectivity index is 1.69. The summed E-state index contributed by atoms with van der Waals surface area (Å²) in [4.78, 5) is 12.4. The molecule has 2 unspecified atom stereocenters. The standard InChI is InChI=1S/C16H21NO3/c1-11(17-15(18)16(19-2)8-5-9-16)13-10-20-14-7-4-3-6-12(13)14/h3-4,6-7,11,13H,5,8-10H2,1-2H3,(H,17,18). The second-order valence-electron chi connectivity index (χ2n) is 5.77. The number of methoxy groups -OCH3 is 1. The highest BCUT2D eigenvalue weighted by atomic mass is 16.5. The molecule has 3 rings (SSSR count). The van der Waals surface area contributed by atoms with Crippen molar-refractivity contribution in [2.24, 2.45) is 0 Å². The lowest BCUT2D eigenvalue weighted by atomic mass is 9.79. The minimum Gasteiger partial charge on any atom is -0.493 e. The van der Waals surface area contributed by atoms with Gasteiger partial charge in [0.1, 0.15) is 11.4 Å². The summed E-state index contributed by atoms with van der Waals surface area (Å²) in [6.45, 7) is 2.66. The highest BCUT2D eigenvalue weighted by molar-refractivity contribution is 5.86. The average molecular weight is 275 g/mol. The van der Waals surface area contributed by atoms with Gasteiger partial charge in [-0.05, 0) is 32.3 Å². The fourth-order valence-electron chi connectivity index (χ4n) is 3.06. The molecule has 1 aromatic carbocycles. The Morgan fingerprint density at radius 3 is 2.85 bits per heavy atom. The second kappa shape index (κ2) is 5.09. The molecule has 20 heavy (non-hydrogen) atoms. The third kappa shape index (κ3) is 2.08. The Morgan fingerprint density at radius 1 is 1.45 bits per heavy atom. The van der Waals surface area contributed by atoms with Gasteiger partial charge in [-0.15, -0.1) is 0 Å². The van der Waals surface area contributed by atoms with E-state index in [0.717, 1.165) is 25.0 Å². The van der Waals surface area contributed by atoms with E-state index < -0.39 is 5.60 Å². The molecule has 1 aromatic rings. The minimum atomic E-state index is -0.590. The number of ether oxygens (including phenoxy) is 2. The summed E-state index contributed by atoms with van der Waals surface area (Å²) < 4.78 is 11.1. The number of fused-ring (bicyclic) bond motifs is 1. The van der Waals surface area contributed by atoms with Crippen LogP contribution in [0.4, 0.5) is 0 Å². The quantitative estimate of drug-likeness (QED) is 0.916. The second-order valence-corrected chi connectivity index (χ2v) is 5.77. The molecule has 2 atom stereocenters. The van der Waals surface area contributed by atoms with E-state index in [2.05, 4.69) is 11.4 Å². The molecule has 0 spiro atoms. The number of amides is 1. The number of nitrogens with one attached hydrogen (secondary N) is 1. The van der Waals surface area contributed by atoms with Gasteiger partial charge in [-0.25, -0.2) is 0 Å². The molecular formula is C16H21NO3. The van der Waals surface area contributed by atoms with Crippen LogP contribution in [-0.4, -0.2) is 31.3 Å². The molecule has 4 heteroatoms. The predicted molar refractivity (Wildman–Crippen MR) is 75.9 cm³/mol. The Morgan fingerprint density at radius 2 is 2.20 bits per heavy atom. The van der Waals surface area contributed by atoms with Crippen molar-refractivity contribution in [1.82, 2.24) is 5.32 Å². The van der Waals surface area contributed by atoms with Crippen molar-refractivity contribution in [3.63, 3.8) is 0 Å². The molecule has 1 amide bonds. The van der Waals surface area contributed by atoms with E-state index in [9.17, 15) is 4.79 Å². The van der Waals surface area contributed by atoms with Crippen LogP contribution < -0.4 is 10.1 Å². The summed E-state index contributed by atoms with van der Waals surface area (Å²) in [6, 6.07) is 8.08. The van der Waals surface area contributed by atoms with E-state index >= 15 is 0 Å². The van der Waals surface area contributed by atoms with Gasteiger partial charge in [0.15, 0.2) is 0 Å². The van der Waals surface area contributed by atoms with Crippen molar-refractivity contribution < 1.29 is 14.3 Å². The third-order valence-electron chi connectivity index (χ3n) is 4.66. The zero-order valence-corrected chi connectivity index (χ0v) is 12.0. The molecular weight excluding hydrogens is 254 g/mol. The summed E-state index contributed by atoms with van der Waals surface area (Å²) in [7, 11) is 1.62. The number of carbonyl (C=O) groups excluding carboxylic acids is 1. The summed E-state index contributed by atoms with van der Waals surface area (Å²) in [5.41, 5.74) is 0.591. The van der Waals surface area contributed by atoms with Crippen LogP contribution in [-0.2, 0) is 9.53 Å². The van der Waals surface area contributed by atoms with E-state index in [0.29, 0.717) is 6.61 Å². The normalized spacial score (nSPS) is 24.2. The highest BCUT2D eigenvalue weighted by Gasteiger charge is 2.45. The lowest BCUT2D eigenvalue weighted by molar-refractivity contribution is -0.155. The number of rotatable bonds is 4. The summed E-state index contributed by atoms with van der Waals surface area (Å²) in [6.07, 6.45) is 2.70. The number of benzene rings is 1. The molecule has 108 valence electrons. The van der Waals surface area contributed by atoms with Gasteiger partial charge >= 0.3 is 0 Å². The Kier molecular flexibility index (Phi) is 3.42. The van der Waals surface area contributed by atoms with Crippen LogP contribution >= 0.6 is 0 Å². The van der Waals surface area contributed by atoms with E-state index in [1.54, 1.807) is 7.11 Å². The third-order valence-corrected chi connectivity index (χ3v) is 4.66. The Hall–Kier alpha value is -1.55. The fourth-order valence-corrected chi connectivity index (χ4v) is 3.06. The Labute approximate surface area is 119 Å². The van der Waals surface area contributed by atoms with Gasteiger partial charge in [-0.3, -0.25) is 4.79 Å². The van der Waals surface area contributed by atoms with Crippen LogP contribution in [0.3, 0.4) is 0 Å². The van der Waals surface area contributed by atoms with Gasteiger partial charge in [-0.2, -0.15) is 0 Å². The zero-order chi connectivity index (χ0) is 14.2. The van der Waals surface area contributed by atoms with Gasteiger partial charge in [0, 0.05) is 24.6 Å². The molecule has 0 saturated heterocycles.